The van der Waals surface area contributed by atoms with Crippen LogP contribution in [0.25, 0.3) is 0 Å². The third-order valence-electron chi connectivity index (χ3n) is 3.50. The topological polar surface area (TPSA) is 55.3 Å². The Morgan fingerprint density at radius 3 is 2.50 bits per heavy atom. The standard InChI is InChI=1S/C13H21N3/c1-10(16-7-3-2-4-8-16)12-9-11(14)5-6-13(12)15/h5-6,9-10H,2-4,7-8,14-15H2,1H3. The molecule has 1 aliphatic rings. The molecule has 0 aliphatic carbocycles. The van der Waals surface area contributed by atoms with Gasteiger partial charge in [-0.1, -0.05) is 6.42 Å². The van der Waals surface area contributed by atoms with Gasteiger partial charge in [-0.15, -0.1) is 0 Å². The predicted molar refractivity (Wildman–Crippen MR) is 69.1 cm³/mol. The number of nitrogens with zero attached hydrogens (tertiary/aromatic N) is 1. The van der Waals surface area contributed by atoms with Gasteiger partial charge < -0.3 is 11.5 Å². The molecule has 0 bridgehead atoms. The minimum atomic E-state index is 0.379. The van der Waals surface area contributed by atoms with Crippen molar-refractivity contribution in [3.8, 4) is 0 Å². The molecule has 1 aliphatic heterocycles. The van der Waals surface area contributed by atoms with Gasteiger partial charge in [0.15, 0.2) is 0 Å². The summed E-state index contributed by atoms with van der Waals surface area (Å²) in [7, 11) is 0. The Labute approximate surface area is 97.4 Å². The first-order valence-electron chi connectivity index (χ1n) is 6.07. The molecule has 1 heterocycles. The van der Waals surface area contributed by atoms with Gasteiger partial charge in [0, 0.05) is 17.4 Å². The summed E-state index contributed by atoms with van der Waals surface area (Å²) >= 11 is 0. The number of nitrogens with two attached hydrogens (primary N) is 2. The molecule has 2 rings (SSSR count). The number of anilines is 2. The highest BCUT2D eigenvalue weighted by atomic mass is 15.2. The number of piperidine rings is 1. The summed E-state index contributed by atoms with van der Waals surface area (Å²) in [5, 5.41) is 0. The molecule has 3 heteroatoms. The van der Waals surface area contributed by atoms with Crippen molar-refractivity contribution in [1.82, 2.24) is 4.90 Å². The van der Waals surface area contributed by atoms with E-state index in [-0.39, 0.29) is 0 Å². The largest absolute Gasteiger partial charge is 0.399 e. The second kappa shape index (κ2) is 4.74. The molecule has 1 saturated heterocycles. The number of nitrogen functional groups attached to an aromatic ring is 2. The number of benzene rings is 1. The number of hydrogen-bond donors (Lipinski definition) is 2. The lowest BCUT2D eigenvalue weighted by atomic mass is 10.0. The molecule has 0 radical (unpaired) electrons. The summed E-state index contributed by atoms with van der Waals surface area (Å²) in [5.41, 5.74) is 14.7. The molecule has 1 aromatic carbocycles. The fourth-order valence-corrected chi connectivity index (χ4v) is 2.46. The van der Waals surface area contributed by atoms with Crippen molar-refractivity contribution >= 4 is 11.4 Å². The summed E-state index contributed by atoms with van der Waals surface area (Å²) in [6.07, 6.45) is 3.95. The smallest absolute Gasteiger partial charge is 0.0364 e. The molecule has 0 amide bonds. The van der Waals surface area contributed by atoms with Crippen molar-refractivity contribution in [1.29, 1.82) is 0 Å². The van der Waals surface area contributed by atoms with E-state index in [9.17, 15) is 0 Å². The average molecular weight is 219 g/mol. The van der Waals surface area contributed by atoms with Crippen LogP contribution in [0.2, 0.25) is 0 Å². The molecule has 4 N–H and O–H groups in total. The first-order chi connectivity index (χ1) is 7.68. The van der Waals surface area contributed by atoms with Gasteiger partial charge in [0.05, 0.1) is 0 Å². The Bertz CT molecular complexity index is 356. The molecule has 0 spiro atoms. The third kappa shape index (κ3) is 2.30. The van der Waals surface area contributed by atoms with Crippen LogP contribution in [0.3, 0.4) is 0 Å². The minimum Gasteiger partial charge on any atom is -0.399 e. The van der Waals surface area contributed by atoms with Crippen molar-refractivity contribution < 1.29 is 0 Å². The van der Waals surface area contributed by atoms with Gasteiger partial charge in [-0.2, -0.15) is 0 Å². The normalized spacial score (nSPS) is 19.6. The quantitative estimate of drug-likeness (QED) is 0.751. The lowest BCUT2D eigenvalue weighted by molar-refractivity contribution is 0.175. The Balaban J connectivity index is 2.18. The highest BCUT2D eigenvalue weighted by molar-refractivity contribution is 5.56. The van der Waals surface area contributed by atoms with Crippen LogP contribution in [0.15, 0.2) is 18.2 Å². The molecule has 0 aromatic heterocycles. The number of likely N-dealkylation sites (tertiary alicyclic amines) is 1. The number of rotatable bonds is 2. The monoisotopic (exact) mass is 219 g/mol. The molecule has 0 saturated carbocycles. The Morgan fingerprint density at radius 2 is 1.81 bits per heavy atom. The molecule has 3 nitrogen and oxygen atoms in total. The molecule has 1 atom stereocenters. The van der Waals surface area contributed by atoms with E-state index in [1.165, 1.54) is 37.9 Å². The van der Waals surface area contributed by atoms with Crippen LogP contribution in [-0.2, 0) is 0 Å². The zero-order valence-corrected chi connectivity index (χ0v) is 9.95. The first-order valence-corrected chi connectivity index (χ1v) is 6.07. The molecular weight excluding hydrogens is 198 g/mol. The van der Waals surface area contributed by atoms with Crippen molar-refractivity contribution in [2.75, 3.05) is 24.6 Å². The zero-order valence-electron chi connectivity index (χ0n) is 9.95. The van der Waals surface area contributed by atoms with Crippen LogP contribution in [0.1, 0.15) is 37.8 Å². The van der Waals surface area contributed by atoms with E-state index in [0.29, 0.717) is 6.04 Å². The van der Waals surface area contributed by atoms with Crippen LogP contribution in [0.4, 0.5) is 11.4 Å². The maximum atomic E-state index is 6.01. The van der Waals surface area contributed by atoms with Crippen LogP contribution in [0.5, 0.6) is 0 Å². The van der Waals surface area contributed by atoms with Gasteiger partial charge in [-0.3, -0.25) is 4.90 Å². The maximum Gasteiger partial charge on any atom is 0.0364 e. The molecule has 1 aromatic rings. The Hall–Kier alpha value is -1.22. The van der Waals surface area contributed by atoms with Gasteiger partial charge >= 0.3 is 0 Å². The second-order valence-electron chi connectivity index (χ2n) is 4.66. The lowest BCUT2D eigenvalue weighted by Gasteiger charge is -2.33. The van der Waals surface area contributed by atoms with Gasteiger partial charge in [0.1, 0.15) is 0 Å². The van der Waals surface area contributed by atoms with Crippen LogP contribution >= 0.6 is 0 Å². The summed E-state index contributed by atoms with van der Waals surface area (Å²) in [6, 6.07) is 6.16. The minimum absolute atomic E-state index is 0.379. The zero-order chi connectivity index (χ0) is 11.5. The van der Waals surface area contributed by atoms with Crippen LogP contribution in [-0.4, -0.2) is 18.0 Å². The molecule has 88 valence electrons. The fourth-order valence-electron chi connectivity index (χ4n) is 2.46. The SMILES string of the molecule is CC(c1cc(N)ccc1N)N1CCCCC1. The Kier molecular flexibility index (Phi) is 3.34. The van der Waals surface area contributed by atoms with Gasteiger partial charge in [-0.25, -0.2) is 0 Å². The summed E-state index contributed by atoms with van der Waals surface area (Å²) in [6.45, 7) is 4.57. The number of hydrogen-bond acceptors (Lipinski definition) is 3. The average Bonchev–Trinajstić information content (AvgIpc) is 2.32. The van der Waals surface area contributed by atoms with Crippen molar-refractivity contribution in [2.45, 2.75) is 32.2 Å². The molecular formula is C13H21N3. The summed E-state index contributed by atoms with van der Waals surface area (Å²) in [4.78, 5) is 2.49. The van der Waals surface area contributed by atoms with Gasteiger partial charge in [0.2, 0.25) is 0 Å². The highest BCUT2D eigenvalue weighted by Crippen LogP contribution is 2.29. The van der Waals surface area contributed by atoms with E-state index >= 15 is 0 Å². The maximum absolute atomic E-state index is 6.01. The van der Waals surface area contributed by atoms with Gasteiger partial charge in [0.25, 0.3) is 0 Å². The van der Waals surface area contributed by atoms with E-state index in [1.807, 2.05) is 18.2 Å². The lowest BCUT2D eigenvalue weighted by Crippen LogP contribution is -2.32. The van der Waals surface area contributed by atoms with E-state index < -0.39 is 0 Å². The predicted octanol–water partition coefficient (Wildman–Crippen LogP) is 2.40. The highest BCUT2D eigenvalue weighted by Gasteiger charge is 2.19. The van der Waals surface area contributed by atoms with E-state index in [2.05, 4.69) is 11.8 Å². The summed E-state index contributed by atoms with van der Waals surface area (Å²) < 4.78 is 0. The molecule has 16 heavy (non-hydrogen) atoms. The van der Waals surface area contributed by atoms with Gasteiger partial charge in [-0.05, 0) is 56.6 Å². The summed E-state index contributed by atoms with van der Waals surface area (Å²) in [5.74, 6) is 0. The van der Waals surface area contributed by atoms with Crippen molar-refractivity contribution in [3.05, 3.63) is 23.8 Å². The third-order valence-corrected chi connectivity index (χ3v) is 3.50. The van der Waals surface area contributed by atoms with E-state index in [0.717, 1.165) is 11.4 Å². The molecule has 1 unspecified atom stereocenters. The van der Waals surface area contributed by atoms with E-state index in [1.54, 1.807) is 0 Å². The van der Waals surface area contributed by atoms with Crippen molar-refractivity contribution in [2.24, 2.45) is 0 Å². The van der Waals surface area contributed by atoms with Crippen LogP contribution in [0, 0.1) is 0 Å². The first kappa shape index (κ1) is 11.3. The second-order valence-corrected chi connectivity index (χ2v) is 4.66. The Morgan fingerprint density at radius 1 is 1.12 bits per heavy atom. The molecule has 1 fully saturated rings. The van der Waals surface area contributed by atoms with Crippen LogP contribution < -0.4 is 11.5 Å². The van der Waals surface area contributed by atoms with E-state index in [4.69, 9.17) is 11.5 Å². The fraction of sp³-hybridized carbons (Fsp3) is 0.538. The van der Waals surface area contributed by atoms with Crippen molar-refractivity contribution in [3.63, 3.8) is 0 Å².